The molecule has 0 aliphatic heterocycles. The largest absolute Gasteiger partial charge is 0.481 e. The first-order valence-electron chi connectivity index (χ1n) is 6.73. The molecule has 0 spiro atoms. The molecule has 21 heavy (non-hydrogen) atoms. The van der Waals surface area contributed by atoms with Gasteiger partial charge in [0.15, 0.2) is 11.6 Å². The number of carbonyl (C=O) groups is 2. The van der Waals surface area contributed by atoms with E-state index in [-0.39, 0.29) is 18.9 Å². The lowest BCUT2D eigenvalue weighted by Gasteiger charge is -2.15. The van der Waals surface area contributed by atoms with E-state index in [4.69, 9.17) is 5.11 Å². The van der Waals surface area contributed by atoms with Gasteiger partial charge in [0, 0.05) is 6.54 Å². The molecule has 1 amide bonds. The molecule has 0 saturated heterocycles. The van der Waals surface area contributed by atoms with E-state index in [9.17, 15) is 18.4 Å². The quantitative estimate of drug-likeness (QED) is 0.812. The van der Waals surface area contributed by atoms with E-state index in [1.807, 2.05) is 13.8 Å². The number of rotatable bonds is 7. The van der Waals surface area contributed by atoms with Crippen molar-refractivity contribution in [2.24, 2.45) is 11.8 Å². The maximum atomic E-state index is 13.0. The lowest BCUT2D eigenvalue weighted by Crippen LogP contribution is -2.34. The molecule has 2 N–H and O–H groups in total. The SMILES string of the molecule is CC(C)CC(CNC(=O)Cc1ccc(F)c(F)c1)C(=O)O. The number of hydrogen-bond donors (Lipinski definition) is 2. The van der Waals surface area contributed by atoms with Gasteiger partial charge in [0.1, 0.15) is 0 Å². The normalized spacial score (nSPS) is 12.2. The van der Waals surface area contributed by atoms with Crippen molar-refractivity contribution in [2.75, 3.05) is 6.54 Å². The summed E-state index contributed by atoms with van der Waals surface area (Å²) in [6.45, 7) is 3.83. The molecule has 0 aliphatic carbocycles. The molecule has 1 atom stereocenters. The van der Waals surface area contributed by atoms with Crippen LogP contribution in [0.15, 0.2) is 18.2 Å². The second kappa shape index (κ2) is 7.71. The molecule has 0 saturated carbocycles. The predicted octanol–water partition coefficient (Wildman–Crippen LogP) is 2.37. The summed E-state index contributed by atoms with van der Waals surface area (Å²) >= 11 is 0. The summed E-state index contributed by atoms with van der Waals surface area (Å²) < 4.78 is 25.8. The third-order valence-corrected chi connectivity index (χ3v) is 3.00. The Balaban J connectivity index is 2.52. The van der Waals surface area contributed by atoms with Crippen LogP contribution in [0.4, 0.5) is 8.78 Å². The molecule has 1 unspecified atom stereocenters. The van der Waals surface area contributed by atoms with Crippen molar-refractivity contribution < 1.29 is 23.5 Å². The minimum absolute atomic E-state index is 0.0238. The Morgan fingerprint density at radius 3 is 2.43 bits per heavy atom. The molecule has 0 aromatic heterocycles. The van der Waals surface area contributed by atoms with Crippen LogP contribution in [0.3, 0.4) is 0 Å². The Labute approximate surface area is 122 Å². The average Bonchev–Trinajstić information content (AvgIpc) is 2.38. The van der Waals surface area contributed by atoms with Crippen LogP contribution < -0.4 is 5.32 Å². The van der Waals surface area contributed by atoms with Crippen LogP contribution in [-0.2, 0) is 16.0 Å². The first kappa shape index (κ1) is 17.1. The molecule has 0 aliphatic rings. The molecule has 0 heterocycles. The zero-order valence-electron chi connectivity index (χ0n) is 12.0. The van der Waals surface area contributed by atoms with Gasteiger partial charge in [-0.1, -0.05) is 19.9 Å². The van der Waals surface area contributed by atoms with Gasteiger partial charge < -0.3 is 10.4 Å². The van der Waals surface area contributed by atoms with Gasteiger partial charge in [-0.15, -0.1) is 0 Å². The molecule has 6 heteroatoms. The van der Waals surface area contributed by atoms with Crippen molar-refractivity contribution in [3.8, 4) is 0 Å². The Morgan fingerprint density at radius 1 is 1.24 bits per heavy atom. The number of carboxylic acids is 1. The molecular formula is C15H19F2NO3. The van der Waals surface area contributed by atoms with E-state index >= 15 is 0 Å². The highest BCUT2D eigenvalue weighted by atomic mass is 19.2. The zero-order chi connectivity index (χ0) is 16.0. The molecule has 116 valence electrons. The van der Waals surface area contributed by atoms with Gasteiger partial charge in [0.05, 0.1) is 12.3 Å². The van der Waals surface area contributed by atoms with Gasteiger partial charge >= 0.3 is 5.97 Å². The van der Waals surface area contributed by atoms with E-state index in [0.29, 0.717) is 12.0 Å². The molecule has 4 nitrogen and oxygen atoms in total. The summed E-state index contributed by atoms with van der Waals surface area (Å²) in [4.78, 5) is 22.7. The first-order chi connectivity index (χ1) is 9.79. The zero-order valence-corrected chi connectivity index (χ0v) is 12.0. The fourth-order valence-corrected chi connectivity index (χ4v) is 1.98. The topological polar surface area (TPSA) is 66.4 Å². The Morgan fingerprint density at radius 2 is 1.90 bits per heavy atom. The summed E-state index contributed by atoms with van der Waals surface area (Å²) in [6.07, 6.45) is 0.339. The Kier molecular flexibility index (Phi) is 6.27. The number of nitrogens with one attached hydrogen (secondary N) is 1. The number of carbonyl (C=O) groups excluding carboxylic acids is 1. The first-order valence-corrected chi connectivity index (χ1v) is 6.73. The highest BCUT2D eigenvalue weighted by Crippen LogP contribution is 2.12. The minimum atomic E-state index is -1.01. The second-order valence-corrected chi connectivity index (χ2v) is 5.39. The third-order valence-electron chi connectivity index (χ3n) is 3.00. The maximum Gasteiger partial charge on any atom is 0.308 e. The predicted molar refractivity (Wildman–Crippen MR) is 73.7 cm³/mol. The van der Waals surface area contributed by atoms with Crippen molar-refractivity contribution in [2.45, 2.75) is 26.7 Å². The van der Waals surface area contributed by atoms with Crippen molar-refractivity contribution in [1.82, 2.24) is 5.32 Å². The lowest BCUT2D eigenvalue weighted by atomic mass is 9.97. The van der Waals surface area contributed by atoms with Crippen LogP contribution in [0.2, 0.25) is 0 Å². The number of aliphatic carboxylic acids is 1. The molecular weight excluding hydrogens is 280 g/mol. The number of amides is 1. The average molecular weight is 299 g/mol. The van der Waals surface area contributed by atoms with Crippen molar-refractivity contribution in [1.29, 1.82) is 0 Å². The fraction of sp³-hybridized carbons (Fsp3) is 0.467. The van der Waals surface area contributed by atoms with E-state index in [1.54, 1.807) is 0 Å². The summed E-state index contributed by atoms with van der Waals surface area (Å²) in [5.41, 5.74) is 0.335. The third kappa shape index (κ3) is 5.89. The lowest BCUT2D eigenvalue weighted by molar-refractivity contribution is -0.142. The van der Waals surface area contributed by atoms with Crippen LogP contribution in [0.1, 0.15) is 25.8 Å². The van der Waals surface area contributed by atoms with Crippen LogP contribution >= 0.6 is 0 Å². The number of carboxylic acid groups (broad SMARTS) is 1. The molecule has 0 radical (unpaired) electrons. The minimum Gasteiger partial charge on any atom is -0.481 e. The van der Waals surface area contributed by atoms with E-state index in [0.717, 1.165) is 12.1 Å². The van der Waals surface area contributed by atoms with Crippen LogP contribution in [0.25, 0.3) is 0 Å². The van der Waals surface area contributed by atoms with Gasteiger partial charge in [0.2, 0.25) is 5.91 Å². The molecule has 1 aromatic carbocycles. The molecule has 1 aromatic rings. The summed E-state index contributed by atoms with van der Waals surface area (Å²) in [6, 6.07) is 3.23. The number of halogens is 2. The van der Waals surface area contributed by atoms with E-state index < -0.39 is 29.4 Å². The van der Waals surface area contributed by atoms with Crippen LogP contribution in [-0.4, -0.2) is 23.5 Å². The number of benzene rings is 1. The monoisotopic (exact) mass is 299 g/mol. The highest BCUT2D eigenvalue weighted by Gasteiger charge is 2.19. The van der Waals surface area contributed by atoms with Crippen molar-refractivity contribution >= 4 is 11.9 Å². The van der Waals surface area contributed by atoms with Crippen LogP contribution in [0, 0.1) is 23.5 Å². The molecule has 0 bridgehead atoms. The smallest absolute Gasteiger partial charge is 0.308 e. The maximum absolute atomic E-state index is 13.0. The van der Waals surface area contributed by atoms with Gasteiger partial charge in [-0.2, -0.15) is 0 Å². The second-order valence-electron chi connectivity index (χ2n) is 5.39. The van der Waals surface area contributed by atoms with Gasteiger partial charge in [-0.05, 0) is 30.0 Å². The fourth-order valence-electron chi connectivity index (χ4n) is 1.98. The Bertz CT molecular complexity index is 518. The summed E-state index contributed by atoms with van der Waals surface area (Å²) in [7, 11) is 0. The van der Waals surface area contributed by atoms with Gasteiger partial charge in [0.25, 0.3) is 0 Å². The van der Waals surface area contributed by atoms with Gasteiger partial charge in [-0.3, -0.25) is 9.59 Å². The Hall–Kier alpha value is -1.98. The van der Waals surface area contributed by atoms with E-state index in [1.165, 1.54) is 6.07 Å². The standard InChI is InChI=1S/C15H19F2NO3/c1-9(2)5-11(15(20)21)8-18-14(19)7-10-3-4-12(16)13(17)6-10/h3-4,6,9,11H,5,7-8H2,1-2H3,(H,18,19)(H,20,21). The van der Waals surface area contributed by atoms with Gasteiger partial charge in [-0.25, -0.2) is 8.78 Å². The molecule has 1 rings (SSSR count). The molecule has 0 fully saturated rings. The summed E-state index contributed by atoms with van der Waals surface area (Å²) in [5, 5.41) is 11.6. The van der Waals surface area contributed by atoms with Crippen molar-refractivity contribution in [3.63, 3.8) is 0 Å². The van der Waals surface area contributed by atoms with Crippen LogP contribution in [0.5, 0.6) is 0 Å². The summed E-state index contributed by atoms with van der Waals surface area (Å²) in [5.74, 6) is -3.81. The highest BCUT2D eigenvalue weighted by molar-refractivity contribution is 5.79. The number of hydrogen-bond acceptors (Lipinski definition) is 2. The van der Waals surface area contributed by atoms with Crippen molar-refractivity contribution in [3.05, 3.63) is 35.4 Å². The van der Waals surface area contributed by atoms with E-state index in [2.05, 4.69) is 5.32 Å².